The Labute approximate surface area is 90.4 Å². The average Bonchev–Trinajstić information content (AvgIpc) is 2.33. The van der Waals surface area contributed by atoms with Crippen LogP contribution in [0.3, 0.4) is 0 Å². The maximum atomic E-state index is 10.9. The molecule has 1 heterocycles. The molecule has 1 fully saturated rings. The van der Waals surface area contributed by atoms with Gasteiger partial charge in [-0.2, -0.15) is 0 Å². The summed E-state index contributed by atoms with van der Waals surface area (Å²) in [5.74, 6) is -1.52. The number of carbonyl (C=O) groups excluding carboxylic acids is 2. The van der Waals surface area contributed by atoms with E-state index in [0.717, 1.165) is 5.17 Å². The first-order chi connectivity index (χ1) is 7.70. The van der Waals surface area contributed by atoms with Gasteiger partial charge in [-0.3, -0.25) is 0 Å². The lowest BCUT2D eigenvalue weighted by Gasteiger charge is -2.25. The Bertz CT molecular complexity index is 416. The number of hydrogen-bond donors (Lipinski definition) is 1. The highest BCUT2D eigenvalue weighted by Crippen LogP contribution is 2.19. The van der Waals surface area contributed by atoms with Gasteiger partial charge in [-0.05, 0) is 29.9 Å². The van der Waals surface area contributed by atoms with Crippen LogP contribution in [0.2, 0.25) is 0 Å². The first kappa shape index (κ1) is 10.2. The van der Waals surface area contributed by atoms with Crippen LogP contribution in [0, 0.1) is 0 Å². The van der Waals surface area contributed by atoms with Crippen molar-refractivity contribution in [2.45, 2.75) is 0 Å². The maximum Gasteiger partial charge on any atom is 0.444 e. The first-order valence-electron chi connectivity index (χ1n) is 4.33. The summed E-state index contributed by atoms with van der Waals surface area (Å²) in [7, 11) is 1.54. The molecule has 7 nitrogen and oxygen atoms in total. The monoisotopic (exact) mass is 224 g/mol. The Balaban J connectivity index is 2.12. The Hall–Kier alpha value is -2.28. The zero-order chi connectivity index (χ0) is 11.5. The fourth-order valence-corrected chi connectivity index (χ4v) is 1.09. The minimum atomic E-state index is -1.09. The summed E-state index contributed by atoms with van der Waals surface area (Å²) in [6.07, 6.45) is 0. The quantitative estimate of drug-likeness (QED) is 0.705. The van der Waals surface area contributed by atoms with Crippen LogP contribution in [0.15, 0.2) is 24.3 Å². The second kappa shape index (κ2) is 4.07. The summed E-state index contributed by atoms with van der Waals surface area (Å²) in [5.41, 5.74) is 2.64. The van der Waals surface area contributed by atoms with Crippen molar-refractivity contribution < 1.29 is 24.0 Å². The summed E-state index contributed by atoms with van der Waals surface area (Å²) in [6, 6.07) is 6.58. The van der Waals surface area contributed by atoms with Crippen LogP contribution in [0.4, 0.5) is 5.69 Å². The molecule has 0 atom stereocenters. The van der Waals surface area contributed by atoms with E-state index >= 15 is 0 Å². The second-order valence-corrected chi connectivity index (χ2v) is 2.85. The number of carbonyl (C=O) groups is 2. The molecule has 1 aromatic rings. The van der Waals surface area contributed by atoms with Crippen LogP contribution in [-0.4, -0.2) is 19.0 Å². The molecule has 0 spiro atoms. The van der Waals surface area contributed by atoms with Gasteiger partial charge >= 0.3 is 11.9 Å². The topological polar surface area (TPSA) is 77.1 Å². The van der Waals surface area contributed by atoms with Crippen LogP contribution >= 0.6 is 0 Å². The number of hydrogen-bond acceptors (Lipinski definition) is 7. The van der Waals surface area contributed by atoms with Gasteiger partial charge in [0.1, 0.15) is 5.75 Å². The Morgan fingerprint density at radius 3 is 2.44 bits per heavy atom. The van der Waals surface area contributed by atoms with Crippen LogP contribution in [0.5, 0.6) is 5.75 Å². The lowest BCUT2D eigenvalue weighted by atomic mass is 10.3. The number of nitrogens with zero attached hydrogens (tertiary/aromatic N) is 1. The minimum Gasteiger partial charge on any atom is -0.497 e. The molecule has 0 unspecified atom stereocenters. The summed E-state index contributed by atoms with van der Waals surface area (Å²) in [5, 5.41) is 0.934. The zero-order valence-corrected chi connectivity index (χ0v) is 8.30. The molecule has 7 heteroatoms. The van der Waals surface area contributed by atoms with Crippen molar-refractivity contribution in [3.63, 3.8) is 0 Å². The smallest absolute Gasteiger partial charge is 0.444 e. The van der Waals surface area contributed by atoms with Crippen molar-refractivity contribution in [3.8, 4) is 5.75 Å². The highest BCUT2D eigenvalue weighted by Gasteiger charge is 2.29. The van der Waals surface area contributed by atoms with Crippen LogP contribution in [-0.2, 0) is 19.3 Å². The molecule has 1 aliphatic rings. The average molecular weight is 224 g/mol. The van der Waals surface area contributed by atoms with Gasteiger partial charge in [0.2, 0.25) is 0 Å². The van der Waals surface area contributed by atoms with Crippen molar-refractivity contribution >= 4 is 17.6 Å². The van der Waals surface area contributed by atoms with Crippen molar-refractivity contribution in [2.24, 2.45) is 0 Å². The molecule has 0 aliphatic carbocycles. The molecule has 1 aliphatic heterocycles. The molecule has 1 N–H and O–H groups in total. The minimum absolute atomic E-state index is 0.488. The number of benzene rings is 1. The van der Waals surface area contributed by atoms with Gasteiger partial charge < -0.3 is 14.4 Å². The van der Waals surface area contributed by atoms with E-state index in [1.807, 2.05) is 0 Å². The molecule has 0 amide bonds. The molecule has 16 heavy (non-hydrogen) atoms. The van der Waals surface area contributed by atoms with Gasteiger partial charge in [-0.15, -0.1) is 5.17 Å². The van der Waals surface area contributed by atoms with Crippen molar-refractivity contribution in [2.75, 3.05) is 12.3 Å². The van der Waals surface area contributed by atoms with Crippen molar-refractivity contribution in [1.29, 1.82) is 0 Å². The lowest BCUT2D eigenvalue weighted by Crippen LogP contribution is -2.49. The summed E-state index contributed by atoms with van der Waals surface area (Å²) < 4.78 is 4.96. The van der Waals surface area contributed by atoms with E-state index in [4.69, 9.17) is 4.74 Å². The molecule has 0 radical (unpaired) electrons. The highest BCUT2D eigenvalue weighted by atomic mass is 16.9. The van der Waals surface area contributed by atoms with E-state index in [1.54, 1.807) is 24.3 Å². The molecule has 1 saturated heterocycles. The lowest BCUT2D eigenvalue weighted by molar-refractivity contribution is -0.192. The summed E-state index contributed by atoms with van der Waals surface area (Å²) in [6.45, 7) is 0. The van der Waals surface area contributed by atoms with Gasteiger partial charge in [0.25, 0.3) is 0 Å². The van der Waals surface area contributed by atoms with E-state index in [1.165, 1.54) is 7.11 Å². The fraction of sp³-hybridized carbons (Fsp3) is 0.111. The molecule has 1 aromatic carbocycles. The zero-order valence-electron chi connectivity index (χ0n) is 8.30. The van der Waals surface area contributed by atoms with Gasteiger partial charge in [-0.1, -0.05) is 0 Å². The number of rotatable bonds is 2. The maximum absolute atomic E-state index is 10.9. The predicted molar refractivity (Wildman–Crippen MR) is 50.8 cm³/mol. The van der Waals surface area contributed by atoms with Crippen LogP contribution in [0.1, 0.15) is 0 Å². The standard InChI is InChI=1S/C9H8N2O5/c1-14-7-4-2-6(3-5-7)11-10-15-8(12)9(13)16-11/h2-5,10H,1H3. The van der Waals surface area contributed by atoms with Crippen molar-refractivity contribution in [1.82, 2.24) is 5.59 Å². The third kappa shape index (κ3) is 1.89. The predicted octanol–water partition coefficient (Wildman–Crippen LogP) is -0.0638. The van der Waals surface area contributed by atoms with Gasteiger partial charge in [-0.25, -0.2) is 9.59 Å². The fourth-order valence-electron chi connectivity index (χ4n) is 1.09. The first-order valence-corrected chi connectivity index (χ1v) is 4.33. The Morgan fingerprint density at radius 2 is 1.88 bits per heavy atom. The Kier molecular flexibility index (Phi) is 2.61. The molecular formula is C9H8N2O5. The van der Waals surface area contributed by atoms with E-state index in [0.29, 0.717) is 11.4 Å². The molecule has 2 rings (SSSR count). The van der Waals surface area contributed by atoms with Crippen molar-refractivity contribution in [3.05, 3.63) is 24.3 Å². The van der Waals surface area contributed by atoms with Gasteiger partial charge in [0.05, 0.1) is 12.8 Å². The number of anilines is 1. The molecule has 0 saturated carbocycles. The van der Waals surface area contributed by atoms with Gasteiger partial charge in [0, 0.05) is 0 Å². The van der Waals surface area contributed by atoms with Crippen LogP contribution < -0.4 is 15.5 Å². The molecule has 0 bridgehead atoms. The van der Waals surface area contributed by atoms with E-state index < -0.39 is 11.9 Å². The number of nitrogens with one attached hydrogen (secondary N) is 1. The third-order valence-corrected chi connectivity index (χ3v) is 1.87. The number of hydrazine groups is 1. The van der Waals surface area contributed by atoms with Gasteiger partial charge in [0.15, 0.2) is 0 Å². The highest BCUT2D eigenvalue weighted by molar-refractivity contribution is 6.30. The molecule has 84 valence electrons. The second-order valence-electron chi connectivity index (χ2n) is 2.85. The van der Waals surface area contributed by atoms with E-state index in [-0.39, 0.29) is 0 Å². The molecule has 0 aromatic heterocycles. The Morgan fingerprint density at radius 1 is 1.19 bits per heavy atom. The van der Waals surface area contributed by atoms with E-state index in [9.17, 15) is 9.59 Å². The summed E-state index contributed by atoms with van der Waals surface area (Å²) in [4.78, 5) is 30.5. The normalized spacial score (nSPS) is 15.4. The van der Waals surface area contributed by atoms with Crippen LogP contribution in [0.25, 0.3) is 0 Å². The largest absolute Gasteiger partial charge is 0.497 e. The SMILES string of the molecule is COc1ccc(N2NOC(=O)C(=O)O2)cc1. The number of ether oxygens (including phenoxy) is 1. The number of methoxy groups -OCH3 is 1. The molecular weight excluding hydrogens is 216 g/mol. The summed E-state index contributed by atoms with van der Waals surface area (Å²) >= 11 is 0. The van der Waals surface area contributed by atoms with E-state index in [2.05, 4.69) is 15.3 Å². The third-order valence-electron chi connectivity index (χ3n) is 1.87.